The summed E-state index contributed by atoms with van der Waals surface area (Å²) >= 11 is 2.01. The Morgan fingerprint density at radius 1 is 1.38 bits per heavy atom. The van der Waals surface area contributed by atoms with Gasteiger partial charge in [-0.1, -0.05) is 13.3 Å². The first-order valence-electron chi connectivity index (χ1n) is 6.04. The lowest BCUT2D eigenvalue weighted by molar-refractivity contribution is 0.760. The van der Waals surface area contributed by atoms with E-state index in [-0.39, 0.29) is 0 Å². The van der Waals surface area contributed by atoms with Crippen LogP contribution in [-0.4, -0.2) is 22.1 Å². The van der Waals surface area contributed by atoms with E-state index in [2.05, 4.69) is 31.2 Å². The summed E-state index contributed by atoms with van der Waals surface area (Å²) in [5, 5.41) is 7.86. The molecule has 0 atom stereocenters. The first kappa shape index (κ1) is 13.4. The summed E-state index contributed by atoms with van der Waals surface area (Å²) in [6.07, 6.45) is 2.58. The molecule has 0 aliphatic carbocycles. The van der Waals surface area contributed by atoms with E-state index < -0.39 is 0 Å². The zero-order valence-electron chi connectivity index (χ0n) is 10.8. The molecule has 1 aromatic heterocycles. The van der Waals surface area contributed by atoms with E-state index in [1.165, 1.54) is 30.0 Å². The van der Waals surface area contributed by atoms with E-state index in [0.717, 1.165) is 18.0 Å². The molecule has 1 heterocycles. The summed E-state index contributed by atoms with van der Waals surface area (Å²) < 4.78 is 1.95. The van der Waals surface area contributed by atoms with Crippen molar-refractivity contribution < 1.29 is 0 Å². The standard InChI is InChI=1S/C12H23N3S/c1-5-7-8-16-9-11-10(3)14-15(4)12(11)13-6-2/h13H,5-9H2,1-4H3. The maximum absolute atomic E-state index is 4.47. The van der Waals surface area contributed by atoms with Gasteiger partial charge in [0, 0.05) is 24.9 Å². The number of rotatable bonds is 7. The molecule has 92 valence electrons. The van der Waals surface area contributed by atoms with Crippen LogP contribution in [0.25, 0.3) is 0 Å². The van der Waals surface area contributed by atoms with E-state index in [4.69, 9.17) is 0 Å². The highest BCUT2D eigenvalue weighted by molar-refractivity contribution is 7.98. The molecular formula is C12H23N3S. The van der Waals surface area contributed by atoms with Gasteiger partial charge in [0.15, 0.2) is 0 Å². The number of hydrogen-bond acceptors (Lipinski definition) is 3. The number of nitrogens with one attached hydrogen (secondary N) is 1. The van der Waals surface area contributed by atoms with Crippen LogP contribution in [0.5, 0.6) is 0 Å². The Balaban J connectivity index is 2.62. The number of nitrogens with zero attached hydrogens (tertiary/aromatic N) is 2. The Labute approximate surface area is 103 Å². The summed E-state index contributed by atoms with van der Waals surface area (Å²) in [4.78, 5) is 0. The van der Waals surface area contributed by atoms with Crippen molar-refractivity contribution in [2.24, 2.45) is 7.05 Å². The lowest BCUT2D eigenvalue weighted by Crippen LogP contribution is -2.05. The fourth-order valence-electron chi connectivity index (χ4n) is 1.68. The minimum Gasteiger partial charge on any atom is -0.370 e. The van der Waals surface area contributed by atoms with Crippen molar-refractivity contribution >= 4 is 17.6 Å². The van der Waals surface area contributed by atoms with Gasteiger partial charge in [-0.3, -0.25) is 4.68 Å². The van der Waals surface area contributed by atoms with Crippen LogP contribution in [-0.2, 0) is 12.8 Å². The van der Waals surface area contributed by atoms with Crippen molar-refractivity contribution in [3.63, 3.8) is 0 Å². The van der Waals surface area contributed by atoms with Gasteiger partial charge in [0.2, 0.25) is 0 Å². The molecule has 0 spiro atoms. The number of hydrogen-bond donors (Lipinski definition) is 1. The van der Waals surface area contributed by atoms with Gasteiger partial charge in [0.25, 0.3) is 0 Å². The van der Waals surface area contributed by atoms with E-state index in [1.807, 2.05) is 23.5 Å². The number of anilines is 1. The Morgan fingerprint density at radius 3 is 2.75 bits per heavy atom. The van der Waals surface area contributed by atoms with Gasteiger partial charge in [0.1, 0.15) is 5.82 Å². The van der Waals surface area contributed by atoms with Gasteiger partial charge in [-0.05, 0) is 26.0 Å². The minimum atomic E-state index is 0.950. The van der Waals surface area contributed by atoms with Crippen LogP contribution in [0.2, 0.25) is 0 Å². The van der Waals surface area contributed by atoms with Gasteiger partial charge in [0.05, 0.1) is 5.69 Å². The maximum Gasteiger partial charge on any atom is 0.128 e. The Kier molecular flexibility index (Phi) is 5.74. The summed E-state index contributed by atoms with van der Waals surface area (Å²) in [6.45, 7) is 7.40. The first-order chi connectivity index (χ1) is 7.70. The second-order valence-electron chi connectivity index (χ2n) is 3.97. The smallest absolute Gasteiger partial charge is 0.128 e. The molecule has 0 saturated carbocycles. The van der Waals surface area contributed by atoms with Crippen molar-refractivity contribution in [2.75, 3.05) is 17.6 Å². The van der Waals surface area contributed by atoms with E-state index >= 15 is 0 Å². The van der Waals surface area contributed by atoms with Crippen molar-refractivity contribution in [3.05, 3.63) is 11.3 Å². The molecule has 1 N–H and O–H groups in total. The predicted octanol–water partition coefficient (Wildman–Crippen LogP) is 3.19. The number of unbranched alkanes of at least 4 members (excludes halogenated alkanes) is 1. The van der Waals surface area contributed by atoms with Crippen molar-refractivity contribution in [1.29, 1.82) is 0 Å². The van der Waals surface area contributed by atoms with E-state index in [0.29, 0.717) is 0 Å². The average Bonchev–Trinajstić information content (AvgIpc) is 2.51. The molecule has 0 radical (unpaired) electrons. The van der Waals surface area contributed by atoms with Gasteiger partial charge in [-0.25, -0.2) is 0 Å². The summed E-state index contributed by atoms with van der Waals surface area (Å²) in [5.74, 6) is 3.50. The third kappa shape index (κ3) is 3.44. The van der Waals surface area contributed by atoms with Crippen LogP contribution in [0.15, 0.2) is 0 Å². The summed E-state index contributed by atoms with van der Waals surface area (Å²) in [6, 6.07) is 0. The Morgan fingerprint density at radius 2 is 2.12 bits per heavy atom. The lowest BCUT2D eigenvalue weighted by Gasteiger charge is -2.07. The van der Waals surface area contributed by atoms with Gasteiger partial charge < -0.3 is 5.32 Å². The van der Waals surface area contributed by atoms with Crippen LogP contribution in [0.3, 0.4) is 0 Å². The third-order valence-electron chi connectivity index (χ3n) is 2.58. The highest BCUT2D eigenvalue weighted by atomic mass is 32.2. The van der Waals surface area contributed by atoms with E-state index in [9.17, 15) is 0 Å². The van der Waals surface area contributed by atoms with Crippen LogP contribution >= 0.6 is 11.8 Å². The first-order valence-corrected chi connectivity index (χ1v) is 7.20. The normalized spacial score (nSPS) is 10.8. The third-order valence-corrected chi connectivity index (χ3v) is 3.65. The van der Waals surface area contributed by atoms with Gasteiger partial charge in [-0.2, -0.15) is 16.9 Å². The van der Waals surface area contributed by atoms with Gasteiger partial charge >= 0.3 is 0 Å². The highest BCUT2D eigenvalue weighted by Crippen LogP contribution is 2.24. The molecule has 0 aliphatic heterocycles. The molecule has 0 unspecified atom stereocenters. The zero-order chi connectivity index (χ0) is 12.0. The molecule has 16 heavy (non-hydrogen) atoms. The maximum atomic E-state index is 4.47. The predicted molar refractivity (Wildman–Crippen MR) is 73.2 cm³/mol. The molecular weight excluding hydrogens is 218 g/mol. The van der Waals surface area contributed by atoms with Crippen molar-refractivity contribution in [1.82, 2.24) is 9.78 Å². The van der Waals surface area contributed by atoms with Crippen LogP contribution in [0.4, 0.5) is 5.82 Å². The van der Waals surface area contributed by atoms with E-state index in [1.54, 1.807) is 0 Å². The molecule has 0 bridgehead atoms. The molecule has 1 rings (SSSR count). The number of aryl methyl sites for hydroxylation is 2. The second-order valence-corrected chi connectivity index (χ2v) is 5.08. The highest BCUT2D eigenvalue weighted by Gasteiger charge is 2.11. The van der Waals surface area contributed by atoms with Crippen LogP contribution in [0.1, 0.15) is 37.9 Å². The van der Waals surface area contributed by atoms with Gasteiger partial charge in [-0.15, -0.1) is 0 Å². The molecule has 0 saturated heterocycles. The fourth-order valence-corrected chi connectivity index (χ4v) is 2.87. The zero-order valence-corrected chi connectivity index (χ0v) is 11.7. The molecule has 4 heteroatoms. The monoisotopic (exact) mass is 241 g/mol. The van der Waals surface area contributed by atoms with Crippen molar-refractivity contribution in [3.8, 4) is 0 Å². The number of thioether (sulfide) groups is 1. The second kappa shape index (κ2) is 6.84. The topological polar surface area (TPSA) is 29.9 Å². The van der Waals surface area contributed by atoms with Crippen molar-refractivity contribution in [2.45, 2.75) is 39.4 Å². The largest absolute Gasteiger partial charge is 0.370 e. The summed E-state index contributed by atoms with van der Waals surface area (Å²) in [5.41, 5.74) is 2.52. The number of aromatic nitrogens is 2. The average molecular weight is 241 g/mol. The molecule has 0 aliphatic rings. The van der Waals surface area contributed by atoms with Crippen LogP contribution in [0, 0.1) is 6.92 Å². The minimum absolute atomic E-state index is 0.950. The van der Waals surface area contributed by atoms with Crippen LogP contribution < -0.4 is 5.32 Å². The quantitative estimate of drug-likeness (QED) is 0.744. The summed E-state index contributed by atoms with van der Waals surface area (Å²) in [7, 11) is 2.01. The Bertz CT molecular complexity index is 320. The Hall–Kier alpha value is -0.640. The molecule has 1 aromatic rings. The molecule has 3 nitrogen and oxygen atoms in total. The molecule has 0 aromatic carbocycles. The molecule has 0 fully saturated rings. The lowest BCUT2D eigenvalue weighted by atomic mass is 10.3. The molecule has 0 amide bonds. The fraction of sp³-hybridized carbons (Fsp3) is 0.750. The SMILES string of the molecule is CCCCSCc1c(C)nn(C)c1NCC.